The van der Waals surface area contributed by atoms with Crippen LogP contribution in [0.15, 0.2) is 0 Å². The molecule has 8 nitrogen and oxygen atoms in total. The number of unbranched alkanes of at least 4 members (excludes halogenated alkanes) is 20. The van der Waals surface area contributed by atoms with E-state index < -0.39 is 0 Å². The van der Waals surface area contributed by atoms with Crippen molar-refractivity contribution >= 4 is 11.9 Å². The van der Waals surface area contributed by atoms with Gasteiger partial charge < -0.3 is 24.1 Å². The van der Waals surface area contributed by atoms with Crippen molar-refractivity contribution in [1.29, 1.82) is 0 Å². The van der Waals surface area contributed by atoms with Gasteiger partial charge in [0.05, 0.1) is 59.1 Å². The quantitative estimate of drug-likeness (QED) is 0.0481. The van der Waals surface area contributed by atoms with Crippen molar-refractivity contribution in [3.05, 3.63) is 0 Å². The predicted molar refractivity (Wildman–Crippen MR) is 235 cm³/mol. The van der Waals surface area contributed by atoms with Crippen LogP contribution in [0, 0.1) is 11.8 Å². The summed E-state index contributed by atoms with van der Waals surface area (Å²) in [4.78, 5) is 27.2. The van der Waals surface area contributed by atoms with Crippen molar-refractivity contribution in [3.63, 3.8) is 0 Å². The van der Waals surface area contributed by atoms with Crippen molar-refractivity contribution in [3.8, 4) is 0 Å². The third-order valence-electron chi connectivity index (χ3n) is 11.2. The molecule has 0 aromatic carbocycles. The number of hydrogen-bond acceptors (Lipinski definition) is 8. The number of rotatable bonds is 46. The van der Waals surface area contributed by atoms with Gasteiger partial charge in [-0.05, 0) is 37.5 Å². The minimum atomic E-state index is -0.175. The normalized spacial score (nSPS) is 11.7. The Morgan fingerprint density at radius 2 is 0.732 bits per heavy atom. The molecule has 0 spiro atoms. The van der Waals surface area contributed by atoms with Gasteiger partial charge in [0, 0.05) is 19.6 Å². The highest BCUT2D eigenvalue weighted by atomic mass is 16.5. The Kier molecular flexibility index (Phi) is 43.9. The van der Waals surface area contributed by atoms with E-state index in [2.05, 4.69) is 32.6 Å². The maximum Gasteiger partial charge on any atom is 0.308 e. The highest BCUT2D eigenvalue weighted by Gasteiger charge is 2.14. The number of nitrogens with zero attached hydrogens (tertiary/aromatic N) is 1. The maximum atomic E-state index is 12.5. The number of carbonyl (C=O) groups excluding carboxylic acids is 2. The minimum absolute atomic E-state index is 0.0515. The lowest BCUT2D eigenvalue weighted by molar-refractivity contribution is -0.147. The monoisotopic (exact) mass is 798 g/mol. The van der Waals surface area contributed by atoms with E-state index in [-0.39, 0.29) is 31.4 Å². The van der Waals surface area contributed by atoms with Crippen LogP contribution in [0.4, 0.5) is 0 Å². The number of hydrogen-bond donors (Lipinski definition) is 1. The lowest BCUT2D eigenvalue weighted by atomic mass is 9.95. The molecule has 0 bridgehead atoms. The molecule has 334 valence electrons. The van der Waals surface area contributed by atoms with Crippen molar-refractivity contribution in [2.45, 2.75) is 220 Å². The molecule has 0 aromatic heterocycles. The summed E-state index contributed by atoms with van der Waals surface area (Å²) in [6.45, 7) is 13.5. The molecule has 0 aliphatic carbocycles. The number of aliphatic hydroxyl groups is 1. The van der Waals surface area contributed by atoms with E-state index in [1.807, 2.05) is 0 Å². The second-order valence-corrected chi connectivity index (χ2v) is 16.6. The molecule has 0 heterocycles. The third kappa shape index (κ3) is 39.6. The van der Waals surface area contributed by atoms with Crippen molar-refractivity contribution < 1.29 is 33.6 Å². The fraction of sp³-hybridized carbons (Fsp3) is 0.958. The van der Waals surface area contributed by atoms with Crippen molar-refractivity contribution in [2.75, 3.05) is 65.9 Å². The van der Waals surface area contributed by atoms with E-state index in [9.17, 15) is 14.7 Å². The molecule has 0 saturated carbocycles. The van der Waals surface area contributed by atoms with Crippen LogP contribution < -0.4 is 0 Å². The summed E-state index contributed by atoms with van der Waals surface area (Å²) in [6.07, 6.45) is 36.1. The van der Waals surface area contributed by atoms with Gasteiger partial charge >= 0.3 is 11.9 Å². The Balaban J connectivity index is 4.30. The van der Waals surface area contributed by atoms with Gasteiger partial charge in [-0.3, -0.25) is 14.5 Å². The maximum absolute atomic E-state index is 12.5. The number of esters is 2. The lowest BCUT2D eigenvalue weighted by Gasteiger charge is -2.21. The second-order valence-electron chi connectivity index (χ2n) is 16.6. The molecule has 0 saturated heterocycles. The summed E-state index contributed by atoms with van der Waals surface area (Å²) < 4.78 is 23.0. The van der Waals surface area contributed by atoms with Gasteiger partial charge in [0.25, 0.3) is 0 Å². The Morgan fingerprint density at radius 3 is 1.04 bits per heavy atom. The van der Waals surface area contributed by atoms with Gasteiger partial charge in [0.15, 0.2) is 0 Å². The average molecular weight is 798 g/mol. The Hall–Kier alpha value is -1.22. The summed E-state index contributed by atoms with van der Waals surface area (Å²) in [5.74, 6) is 0.574. The molecule has 0 unspecified atom stereocenters. The van der Waals surface area contributed by atoms with Crippen LogP contribution in [0.1, 0.15) is 220 Å². The first kappa shape index (κ1) is 54.8. The topological polar surface area (TPSA) is 94.5 Å². The van der Waals surface area contributed by atoms with E-state index in [0.29, 0.717) is 71.1 Å². The first-order chi connectivity index (χ1) is 27.5. The first-order valence-electron chi connectivity index (χ1n) is 24.3. The SMILES string of the molecule is CCCCCCCCC(CCCCCCCC)COC(=O)CCOCCN(CCO)CCOCCC(=O)OCC(CCCCCCCC)CCCCCCCC. The van der Waals surface area contributed by atoms with Crippen LogP contribution in [0.25, 0.3) is 0 Å². The van der Waals surface area contributed by atoms with E-state index in [0.717, 1.165) is 25.7 Å². The van der Waals surface area contributed by atoms with Gasteiger partial charge in [-0.2, -0.15) is 0 Å². The number of aliphatic hydroxyl groups excluding tert-OH is 1. The van der Waals surface area contributed by atoms with Gasteiger partial charge in [-0.25, -0.2) is 0 Å². The van der Waals surface area contributed by atoms with Gasteiger partial charge in [-0.15, -0.1) is 0 Å². The van der Waals surface area contributed by atoms with Crippen LogP contribution in [0.2, 0.25) is 0 Å². The standard InChI is InChI=1S/C48H95NO7/c1-5-9-13-17-21-25-29-45(30-26-22-18-14-10-6-2)43-55-47(51)33-39-53-41-36-49(35-38-50)37-42-54-40-34-48(52)56-44-46(31-27-23-19-15-11-7-3)32-28-24-20-16-12-8-4/h45-46,50H,5-44H2,1-4H3. The lowest BCUT2D eigenvalue weighted by Crippen LogP contribution is -2.33. The van der Waals surface area contributed by atoms with Crippen LogP contribution in [0.5, 0.6) is 0 Å². The van der Waals surface area contributed by atoms with E-state index in [4.69, 9.17) is 18.9 Å². The number of carbonyl (C=O) groups is 2. The largest absolute Gasteiger partial charge is 0.465 e. The average Bonchev–Trinajstić information content (AvgIpc) is 3.20. The predicted octanol–water partition coefficient (Wildman–Crippen LogP) is 12.4. The summed E-state index contributed by atoms with van der Waals surface area (Å²) in [6, 6.07) is 0. The van der Waals surface area contributed by atoms with Crippen LogP contribution in [0.3, 0.4) is 0 Å². The molecule has 0 rings (SSSR count). The second kappa shape index (κ2) is 44.9. The molecule has 0 amide bonds. The smallest absolute Gasteiger partial charge is 0.308 e. The molecular formula is C48H95NO7. The molecule has 0 fully saturated rings. The van der Waals surface area contributed by atoms with Crippen molar-refractivity contribution in [2.24, 2.45) is 11.8 Å². The zero-order valence-electron chi connectivity index (χ0n) is 37.8. The summed E-state index contributed by atoms with van der Waals surface area (Å²) in [5, 5.41) is 9.56. The zero-order chi connectivity index (χ0) is 41.0. The molecule has 0 atom stereocenters. The Labute approximate surface area is 347 Å². The summed E-state index contributed by atoms with van der Waals surface area (Å²) >= 11 is 0. The molecule has 1 N–H and O–H groups in total. The highest BCUT2D eigenvalue weighted by molar-refractivity contribution is 5.69. The van der Waals surface area contributed by atoms with Crippen molar-refractivity contribution in [1.82, 2.24) is 4.90 Å². The summed E-state index contributed by atoms with van der Waals surface area (Å²) in [5.41, 5.74) is 0. The Morgan fingerprint density at radius 1 is 0.429 bits per heavy atom. The van der Waals surface area contributed by atoms with E-state index in [1.165, 1.54) is 154 Å². The molecule has 0 aromatic rings. The molecule has 56 heavy (non-hydrogen) atoms. The minimum Gasteiger partial charge on any atom is -0.465 e. The fourth-order valence-electron chi connectivity index (χ4n) is 7.42. The van der Waals surface area contributed by atoms with E-state index in [1.54, 1.807) is 0 Å². The van der Waals surface area contributed by atoms with Crippen LogP contribution in [-0.4, -0.2) is 87.8 Å². The summed E-state index contributed by atoms with van der Waals surface area (Å²) in [7, 11) is 0. The fourth-order valence-corrected chi connectivity index (χ4v) is 7.42. The molecule has 0 aliphatic heterocycles. The first-order valence-corrected chi connectivity index (χ1v) is 24.3. The molecule has 0 radical (unpaired) electrons. The van der Waals surface area contributed by atoms with Crippen LogP contribution >= 0.6 is 0 Å². The molecule has 0 aliphatic rings. The molecular weight excluding hydrogens is 703 g/mol. The van der Waals surface area contributed by atoms with Gasteiger partial charge in [0.1, 0.15) is 0 Å². The van der Waals surface area contributed by atoms with Gasteiger partial charge in [0.2, 0.25) is 0 Å². The van der Waals surface area contributed by atoms with Crippen LogP contribution in [-0.2, 0) is 28.5 Å². The zero-order valence-corrected chi connectivity index (χ0v) is 37.8. The van der Waals surface area contributed by atoms with E-state index >= 15 is 0 Å². The Bertz CT molecular complexity index is 718. The number of ether oxygens (including phenoxy) is 4. The van der Waals surface area contributed by atoms with Gasteiger partial charge in [-0.1, -0.05) is 182 Å². The third-order valence-corrected chi connectivity index (χ3v) is 11.2. The molecule has 8 heteroatoms. The highest BCUT2D eigenvalue weighted by Crippen LogP contribution is 2.21.